The fourth-order valence-corrected chi connectivity index (χ4v) is 2.92. The van der Waals surface area contributed by atoms with Gasteiger partial charge in [-0.1, -0.05) is 16.8 Å². The second-order valence-corrected chi connectivity index (χ2v) is 5.92. The maximum atomic E-state index is 13.2. The van der Waals surface area contributed by atoms with E-state index in [9.17, 15) is 9.18 Å². The molecular weight excluding hydrogens is 321 g/mol. The lowest BCUT2D eigenvalue weighted by Gasteiger charge is -2.21. The van der Waals surface area contributed by atoms with Gasteiger partial charge in [0, 0.05) is 25.0 Å². The number of anilines is 1. The lowest BCUT2D eigenvalue weighted by molar-refractivity contribution is 0.213. The summed E-state index contributed by atoms with van der Waals surface area (Å²) >= 11 is 5.73. The Balaban J connectivity index is 1.60. The van der Waals surface area contributed by atoms with Gasteiger partial charge in [-0.15, -0.1) is 5.10 Å². The van der Waals surface area contributed by atoms with Crippen LogP contribution >= 0.6 is 11.6 Å². The molecule has 6 nitrogen and oxygen atoms in total. The lowest BCUT2D eigenvalue weighted by atomic mass is 10.1. The molecule has 1 unspecified atom stereocenters. The quantitative estimate of drug-likeness (QED) is 0.914. The average Bonchev–Trinajstić information content (AvgIpc) is 2.95. The van der Waals surface area contributed by atoms with Gasteiger partial charge in [0.15, 0.2) is 0 Å². The number of carbonyl (C=O) groups excluding carboxylic acids is 1. The number of hydrogen-bond acceptors (Lipinski definition) is 3. The average molecular weight is 338 g/mol. The smallest absolute Gasteiger partial charge is 0.321 e. The Hall–Kier alpha value is -2.15. The van der Waals surface area contributed by atoms with E-state index in [4.69, 9.17) is 11.6 Å². The van der Waals surface area contributed by atoms with Gasteiger partial charge in [-0.2, -0.15) is 0 Å². The summed E-state index contributed by atoms with van der Waals surface area (Å²) in [6.45, 7) is 1.30. The molecule has 0 radical (unpaired) electrons. The highest BCUT2D eigenvalue weighted by Crippen LogP contribution is 2.23. The third-order valence-corrected chi connectivity index (χ3v) is 4.26. The van der Waals surface area contributed by atoms with Gasteiger partial charge >= 0.3 is 6.03 Å². The van der Waals surface area contributed by atoms with Crippen LogP contribution in [0.15, 0.2) is 30.6 Å². The highest BCUT2D eigenvalue weighted by Gasteiger charge is 2.22. The molecule has 8 heteroatoms. The molecule has 2 aromatic rings. The molecule has 0 spiro atoms. The van der Waals surface area contributed by atoms with Crippen molar-refractivity contribution < 1.29 is 9.18 Å². The summed E-state index contributed by atoms with van der Waals surface area (Å²) in [5.41, 5.74) is 0.485. The van der Waals surface area contributed by atoms with E-state index in [1.165, 1.54) is 18.2 Å². The molecule has 1 fully saturated rings. The zero-order valence-corrected chi connectivity index (χ0v) is 13.2. The molecule has 2 amide bonds. The summed E-state index contributed by atoms with van der Waals surface area (Å²) < 4.78 is 15.0. The van der Waals surface area contributed by atoms with Crippen LogP contribution in [0, 0.1) is 5.82 Å². The number of hydrogen-bond donors (Lipinski definition) is 1. The Labute approximate surface area is 138 Å². The van der Waals surface area contributed by atoms with Gasteiger partial charge in [-0.05, 0) is 37.5 Å². The van der Waals surface area contributed by atoms with Crippen LogP contribution in [0.25, 0.3) is 0 Å². The Bertz CT molecular complexity index is 679. The van der Waals surface area contributed by atoms with Crippen LogP contribution < -0.4 is 5.32 Å². The van der Waals surface area contributed by atoms with Crippen molar-refractivity contribution in [1.82, 2.24) is 19.9 Å². The highest BCUT2D eigenvalue weighted by atomic mass is 35.5. The minimum Gasteiger partial charge on any atom is -0.324 e. The molecule has 23 heavy (non-hydrogen) atoms. The third kappa shape index (κ3) is 3.79. The second kappa shape index (κ2) is 6.95. The first-order chi connectivity index (χ1) is 11.1. The predicted molar refractivity (Wildman–Crippen MR) is 84.9 cm³/mol. The van der Waals surface area contributed by atoms with Crippen LogP contribution in [0.3, 0.4) is 0 Å². The molecule has 1 aromatic heterocycles. The minimum atomic E-state index is -0.505. The third-order valence-electron chi connectivity index (χ3n) is 3.97. The first-order valence-corrected chi connectivity index (χ1v) is 7.88. The van der Waals surface area contributed by atoms with Crippen LogP contribution in [-0.2, 0) is 0 Å². The Morgan fingerprint density at radius 1 is 1.35 bits per heavy atom. The van der Waals surface area contributed by atoms with Gasteiger partial charge < -0.3 is 10.2 Å². The number of aromatic nitrogens is 3. The van der Waals surface area contributed by atoms with E-state index in [1.54, 1.807) is 11.1 Å². The topological polar surface area (TPSA) is 63.1 Å². The number of nitrogens with one attached hydrogen (secondary N) is 1. The molecule has 3 rings (SSSR count). The summed E-state index contributed by atoms with van der Waals surface area (Å²) in [4.78, 5) is 14.1. The molecule has 1 aliphatic rings. The molecular formula is C15H17ClFN5O. The number of carbonyl (C=O) groups is 1. The molecule has 0 bridgehead atoms. The van der Waals surface area contributed by atoms with Crippen molar-refractivity contribution in [2.75, 3.05) is 18.4 Å². The van der Waals surface area contributed by atoms with Crippen LogP contribution in [-0.4, -0.2) is 39.0 Å². The molecule has 1 N–H and O–H groups in total. The van der Waals surface area contributed by atoms with Gasteiger partial charge in [-0.3, -0.25) is 0 Å². The SMILES string of the molecule is O=C(Nc1ccc(F)c(Cl)c1)N1CCCC(n2ccnn2)CC1. The maximum Gasteiger partial charge on any atom is 0.321 e. The summed E-state index contributed by atoms with van der Waals surface area (Å²) in [5.74, 6) is -0.505. The van der Waals surface area contributed by atoms with Crippen LogP contribution in [0.4, 0.5) is 14.9 Å². The van der Waals surface area contributed by atoms with Gasteiger partial charge in [0.2, 0.25) is 0 Å². The zero-order chi connectivity index (χ0) is 16.2. The molecule has 1 aliphatic heterocycles. The molecule has 1 atom stereocenters. The summed E-state index contributed by atoms with van der Waals surface area (Å²) in [6.07, 6.45) is 6.17. The van der Waals surface area contributed by atoms with Gasteiger partial charge in [-0.25, -0.2) is 13.9 Å². The van der Waals surface area contributed by atoms with E-state index >= 15 is 0 Å². The summed E-state index contributed by atoms with van der Waals surface area (Å²) in [5, 5.41) is 10.6. The van der Waals surface area contributed by atoms with E-state index in [0.29, 0.717) is 18.8 Å². The van der Waals surface area contributed by atoms with E-state index in [-0.39, 0.29) is 17.1 Å². The van der Waals surface area contributed by atoms with Crippen molar-refractivity contribution in [2.45, 2.75) is 25.3 Å². The number of urea groups is 1. The molecule has 1 aromatic carbocycles. The largest absolute Gasteiger partial charge is 0.324 e. The fourth-order valence-electron chi connectivity index (χ4n) is 2.73. The lowest BCUT2D eigenvalue weighted by Crippen LogP contribution is -2.35. The maximum absolute atomic E-state index is 13.2. The second-order valence-electron chi connectivity index (χ2n) is 5.51. The van der Waals surface area contributed by atoms with Gasteiger partial charge in [0.05, 0.1) is 17.3 Å². The Morgan fingerprint density at radius 3 is 2.96 bits per heavy atom. The summed E-state index contributed by atoms with van der Waals surface area (Å²) in [7, 11) is 0. The minimum absolute atomic E-state index is 0.00934. The van der Waals surface area contributed by atoms with E-state index in [1.807, 2.05) is 10.9 Å². The molecule has 0 saturated carbocycles. The van der Waals surface area contributed by atoms with Crippen LogP contribution in [0.1, 0.15) is 25.3 Å². The van der Waals surface area contributed by atoms with Crippen molar-refractivity contribution in [1.29, 1.82) is 0 Å². The number of amides is 2. The number of nitrogens with zero attached hydrogens (tertiary/aromatic N) is 4. The first kappa shape index (κ1) is 15.7. The number of benzene rings is 1. The standard InChI is InChI=1S/C15H17ClFN5O/c16-13-10-11(3-4-14(13)17)19-15(23)21-7-1-2-12(5-8-21)22-9-6-18-20-22/h3-4,6,9-10,12H,1-2,5,7-8H2,(H,19,23). The zero-order valence-electron chi connectivity index (χ0n) is 12.5. The van der Waals surface area contributed by atoms with Crippen molar-refractivity contribution >= 4 is 23.3 Å². The van der Waals surface area contributed by atoms with Crippen LogP contribution in [0.5, 0.6) is 0 Å². The van der Waals surface area contributed by atoms with Gasteiger partial charge in [0.1, 0.15) is 5.82 Å². The first-order valence-electron chi connectivity index (χ1n) is 7.50. The number of likely N-dealkylation sites (tertiary alicyclic amines) is 1. The Morgan fingerprint density at radius 2 is 2.22 bits per heavy atom. The van der Waals surface area contributed by atoms with Crippen molar-refractivity contribution in [3.63, 3.8) is 0 Å². The van der Waals surface area contributed by atoms with E-state index in [2.05, 4.69) is 15.6 Å². The molecule has 1 saturated heterocycles. The van der Waals surface area contributed by atoms with Crippen molar-refractivity contribution in [3.8, 4) is 0 Å². The normalized spacial score (nSPS) is 18.5. The van der Waals surface area contributed by atoms with Crippen molar-refractivity contribution in [2.24, 2.45) is 0 Å². The monoisotopic (exact) mass is 337 g/mol. The van der Waals surface area contributed by atoms with E-state index in [0.717, 1.165) is 19.3 Å². The molecule has 122 valence electrons. The Kier molecular flexibility index (Phi) is 4.76. The van der Waals surface area contributed by atoms with Crippen LogP contribution in [0.2, 0.25) is 5.02 Å². The fraction of sp³-hybridized carbons (Fsp3) is 0.400. The molecule has 2 heterocycles. The summed E-state index contributed by atoms with van der Waals surface area (Å²) in [6, 6.07) is 4.20. The predicted octanol–water partition coefficient (Wildman–Crippen LogP) is 3.33. The van der Waals surface area contributed by atoms with E-state index < -0.39 is 5.82 Å². The number of rotatable bonds is 2. The molecule has 0 aliphatic carbocycles. The number of halogens is 2. The highest BCUT2D eigenvalue weighted by molar-refractivity contribution is 6.31. The van der Waals surface area contributed by atoms with Crippen molar-refractivity contribution in [3.05, 3.63) is 41.4 Å². The van der Waals surface area contributed by atoms with Gasteiger partial charge in [0.25, 0.3) is 0 Å².